The third kappa shape index (κ3) is 2.97. The van der Waals surface area contributed by atoms with Crippen molar-refractivity contribution in [1.29, 1.82) is 0 Å². The molecule has 0 bridgehead atoms. The average molecular weight is 240 g/mol. The van der Waals surface area contributed by atoms with E-state index in [1.165, 1.54) is 16.3 Å². The standard InChI is InChI=1S/C16H20N2/c1-2-3-10-18-16(12-17)15-9-8-13-6-4-5-7-14(13)11-15/h2,4-9,11,16,18H,1,3,10,12,17H2. The molecular formula is C16H20N2. The number of rotatable bonds is 6. The van der Waals surface area contributed by atoms with E-state index in [1.807, 2.05) is 6.08 Å². The zero-order valence-electron chi connectivity index (χ0n) is 10.6. The van der Waals surface area contributed by atoms with E-state index in [0.29, 0.717) is 6.54 Å². The Labute approximate surface area is 109 Å². The van der Waals surface area contributed by atoms with Crippen LogP contribution in [-0.4, -0.2) is 13.1 Å². The van der Waals surface area contributed by atoms with Gasteiger partial charge in [0.25, 0.3) is 0 Å². The number of nitrogens with one attached hydrogen (secondary N) is 1. The van der Waals surface area contributed by atoms with Gasteiger partial charge < -0.3 is 11.1 Å². The Morgan fingerprint density at radius 3 is 2.67 bits per heavy atom. The first-order valence-electron chi connectivity index (χ1n) is 6.38. The van der Waals surface area contributed by atoms with Gasteiger partial charge in [-0.25, -0.2) is 0 Å². The zero-order chi connectivity index (χ0) is 12.8. The SMILES string of the molecule is C=CCCNC(CN)c1ccc2ccccc2c1. The normalized spacial score (nSPS) is 12.5. The number of fused-ring (bicyclic) bond motifs is 1. The molecule has 0 aliphatic rings. The van der Waals surface area contributed by atoms with Crippen LogP contribution < -0.4 is 11.1 Å². The van der Waals surface area contributed by atoms with Gasteiger partial charge in [-0.05, 0) is 35.4 Å². The van der Waals surface area contributed by atoms with Crippen molar-refractivity contribution in [2.45, 2.75) is 12.5 Å². The molecule has 0 aliphatic heterocycles. The summed E-state index contributed by atoms with van der Waals surface area (Å²) in [6.07, 6.45) is 2.88. The maximum absolute atomic E-state index is 5.84. The average Bonchev–Trinajstić information content (AvgIpc) is 2.43. The van der Waals surface area contributed by atoms with Crippen LogP contribution >= 0.6 is 0 Å². The lowest BCUT2D eigenvalue weighted by atomic mass is 10.0. The first-order chi connectivity index (χ1) is 8.85. The van der Waals surface area contributed by atoms with Gasteiger partial charge in [-0.15, -0.1) is 6.58 Å². The van der Waals surface area contributed by atoms with E-state index in [-0.39, 0.29) is 6.04 Å². The van der Waals surface area contributed by atoms with Gasteiger partial charge in [0, 0.05) is 12.6 Å². The third-order valence-electron chi connectivity index (χ3n) is 3.15. The van der Waals surface area contributed by atoms with Crippen molar-refractivity contribution < 1.29 is 0 Å². The van der Waals surface area contributed by atoms with Crippen molar-refractivity contribution in [1.82, 2.24) is 5.32 Å². The molecule has 3 N–H and O–H groups in total. The number of hydrogen-bond donors (Lipinski definition) is 2. The van der Waals surface area contributed by atoms with Gasteiger partial charge >= 0.3 is 0 Å². The van der Waals surface area contributed by atoms with Gasteiger partial charge in [0.05, 0.1) is 0 Å². The zero-order valence-corrected chi connectivity index (χ0v) is 10.6. The molecule has 2 rings (SSSR count). The molecule has 2 heteroatoms. The number of benzene rings is 2. The monoisotopic (exact) mass is 240 g/mol. The minimum absolute atomic E-state index is 0.217. The summed E-state index contributed by atoms with van der Waals surface area (Å²) >= 11 is 0. The van der Waals surface area contributed by atoms with E-state index in [4.69, 9.17) is 5.73 Å². The second kappa shape index (κ2) is 6.34. The van der Waals surface area contributed by atoms with Crippen molar-refractivity contribution in [3.05, 3.63) is 60.7 Å². The van der Waals surface area contributed by atoms with Crippen LogP contribution in [0.3, 0.4) is 0 Å². The molecule has 0 saturated carbocycles. The van der Waals surface area contributed by atoms with Crippen LogP contribution in [-0.2, 0) is 0 Å². The second-order valence-corrected chi connectivity index (χ2v) is 4.43. The quantitative estimate of drug-likeness (QED) is 0.601. The Balaban J connectivity index is 2.19. The van der Waals surface area contributed by atoms with E-state index in [2.05, 4.69) is 54.4 Å². The van der Waals surface area contributed by atoms with Crippen LogP contribution in [0.5, 0.6) is 0 Å². The number of hydrogen-bond acceptors (Lipinski definition) is 2. The minimum Gasteiger partial charge on any atom is -0.329 e. The third-order valence-corrected chi connectivity index (χ3v) is 3.15. The smallest absolute Gasteiger partial charge is 0.0444 e. The van der Waals surface area contributed by atoms with Crippen LogP contribution in [0.2, 0.25) is 0 Å². The Morgan fingerprint density at radius 1 is 1.17 bits per heavy atom. The summed E-state index contributed by atoms with van der Waals surface area (Å²) in [7, 11) is 0. The van der Waals surface area contributed by atoms with Gasteiger partial charge in [-0.1, -0.05) is 42.5 Å². The topological polar surface area (TPSA) is 38.0 Å². The van der Waals surface area contributed by atoms with Crippen molar-refractivity contribution in [3.63, 3.8) is 0 Å². The van der Waals surface area contributed by atoms with Gasteiger partial charge in [0.2, 0.25) is 0 Å². The molecular weight excluding hydrogens is 220 g/mol. The number of nitrogens with two attached hydrogens (primary N) is 1. The van der Waals surface area contributed by atoms with Crippen LogP contribution in [0.15, 0.2) is 55.1 Å². The fraction of sp³-hybridized carbons (Fsp3) is 0.250. The van der Waals surface area contributed by atoms with E-state index < -0.39 is 0 Å². The predicted octanol–water partition coefficient (Wildman–Crippen LogP) is 3.01. The lowest BCUT2D eigenvalue weighted by Gasteiger charge is -2.17. The van der Waals surface area contributed by atoms with Crippen molar-refractivity contribution in [2.75, 3.05) is 13.1 Å². The molecule has 94 valence electrons. The Morgan fingerprint density at radius 2 is 1.94 bits per heavy atom. The van der Waals surface area contributed by atoms with Gasteiger partial charge in [0.1, 0.15) is 0 Å². The van der Waals surface area contributed by atoms with Crippen LogP contribution in [0, 0.1) is 0 Å². The summed E-state index contributed by atoms with van der Waals surface area (Å²) in [5.41, 5.74) is 7.09. The van der Waals surface area contributed by atoms with Crippen LogP contribution in [0.25, 0.3) is 10.8 Å². The molecule has 1 atom stereocenters. The van der Waals surface area contributed by atoms with Crippen LogP contribution in [0.1, 0.15) is 18.0 Å². The van der Waals surface area contributed by atoms with Gasteiger partial charge in [-0.3, -0.25) is 0 Å². The second-order valence-electron chi connectivity index (χ2n) is 4.43. The highest BCUT2D eigenvalue weighted by molar-refractivity contribution is 5.83. The molecule has 0 aliphatic carbocycles. The summed E-state index contributed by atoms with van der Waals surface area (Å²) in [4.78, 5) is 0. The Bertz CT molecular complexity index is 519. The fourth-order valence-corrected chi connectivity index (χ4v) is 2.12. The molecule has 0 aromatic heterocycles. The predicted molar refractivity (Wildman–Crippen MR) is 78.6 cm³/mol. The molecule has 0 saturated heterocycles. The molecule has 1 unspecified atom stereocenters. The lowest BCUT2D eigenvalue weighted by Crippen LogP contribution is -2.28. The molecule has 2 aromatic rings. The Hall–Kier alpha value is -1.64. The molecule has 0 fully saturated rings. The minimum atomic E-state index is 0.217. The highest BCUT2D eigenvalue weighted by atomic mass is 14.9. The fourth-order valence-electron chi connectivity index (χ4n) is 2.12. The molecule has 2 nitrogen and oxygen atoms in total. The first kappa shape index (κ1) is 12.8. The lowest BCUT2D eigenvalue weighted by molar-refractivity contribution is 0.549. The summed E-state index contributed by atoms with van der Waals surface area (Å²) in [6.45, 7) is 5.25. The van der Waals surface area contributed by atoms with Crippen molar-refractivity contribution >= 4 is 10.8 Å². The van der Waals surface area contributed by atoms with Crippen molar-refractivity contribution in [3.8, 4) is 0 Å². The van der Waals surface area contributed by atoms with Crippen molar-refractivity contribution in [2.24, 2.45) is 5.73 Å². The maximum Gasteiger partial charge on any atom is 0.0444 e. The summed E-state index contributed by atoms with van der Waals surface area (Å²) in [5.74, 6) is 0. The molecule has 18 heavy (non-hydrogen) atoms. The highest BCUT2D eigenvalue weighted by Crippen LogP contribution is 2.19. The largest absolute Gasteiger partial charge is 0.329 e. The maximum atomic E-state index is 5.84. The van der Waals surface area contributed by atoms with E-state index in [1.54, 1.807) is 0 Å². The van der Waals surface area contributed by atoms with Crippen LogP contribution in [0.4, 0.5) is 0 Å². The highest BCUT2D eigenvalue weighted by Gasteiger charge is 2.08. The summed E-state index contributed by atoms with van der Waals surface area (Å²) in [6, 6.07) is 15.1. The van der Waals surface area contributed by atoms with Gasteiger partial charge in [-0.2, -0.15) is 0 Å². The Kier molecular flexibility index (Phi) is 4.51. The van der Waals surface area contributed by atoms with E-state index >= 15 is 0 Å². The van der Waals surface area contributed by atoms with E-state index in [9.17, 15) is 0 Å². The molecule has 0 heterocycles. The first-order valence-corrected chi connectivity index (χ1v) is 6.38. The molecule has 0 amide bonds. The molecule has 2 aromatic carbocycles. The summed E-state index contributed by atoms with van der Waals surface area (Å²) in [5, 5.41) is 5.98. The van der Waals surface area contributed by atoms with Gasteiger partial charge in [0.15, 0.2) is 0 Å². The molecule has 0 radical (unpaired) electrons. The van der Waals surface area contributed by atoms with E-state index in [0.717, 1.165) is 13.0 Å². The molecule has 0 spiro atoms. The summed E-state index contributed by atoms with van der Waals surface area (Å²) < 4.78 is 0.